The van der Waals surface area contributed by atoms with Gasteiger partial charge in [-0.05, 0) is 40.2 Å². The molecule has 0 aliphatic carbocycles. The van der Waals surface area contributed by atoms with Gasteiger partial charge in [0, 0.05) is 17.3 Å². The molecule has 4 heteroatoms. The van der Waals surface area contributed by atoms with E-state index in [1.165, 1.54) is 12.8 Å². The fourth-order valence-corrected chi connectivity index (χ4v) is 2.35. The Kier molecular flexibility index (Phi) is 2.84. The van der Waals surface area contributed by atoms with Gasteiger partial charge in [0.05, 0.1) is 6.54 Å². The maximum Gasteiger partial charge on any atom is 0.144 e. The number of hydrogen-bond donors (Lipinski definition) is 1. The van der Waals surface area contributed by atoms with Crippen LogP contribution in [0.15, 0.2) is 6.07 Å². The van der Waals surface area contributed by atoms with Crippen LogP contribution in [-0.2, 0) is 6.54 Å². The van der Waals surface area contributed by atoms with Gasteiger partial charge >= 0.3 is 0 Å². The van der Waals surface area contributed by atoms with E-state index in [1.54, 1.807) is 6.07 Å². The molecule has 16 heavy (non-hydrogen) atoms. The monoisotopic (exact) mass is 220 g/mol. The number of nitrogens with two attached hydrogens (primary N) is 1. The summed E-state index contributed by atoms with van der Waals surface area (Å²) in [6.07, 6.45) is 2.50. The first kappa shape index (κ1) is 11.3. The highest BCUT2D eigenvalue weighted by Gasteiger charge is 2.32. The van der Waals surface area contributed by atoms with Gasteiger partial charge in [0.1, 0.15) is 11.6 Å². The molecule has 88 valence electrons. The van der Waals surface area contributed by atoms with E-state index in [1.807, 2.05) is 6.92 Å². The Morgan fingerprint density at radius 3 is 2.75 bits per heavy atom. The predicted molar refractivity (Wildman–Crippen MR) is 64.9 cm³/mol. The van der Waals surface area contributed by atoms with E-state index >= 15 is 0 Å². The molecule has 1 aromatic heterocycles. The van der Waals surface area contributed by atoms with Crippen molar-refractivity contribution in [3.8, 4) is 0 Å². The van der Waals surface area contributed by atoms with Crippen molar-refractivity contribution in [3.63, 3.8) is 0 Å². The number of anilines is 1. The molecule has 0 spiro atoms. The molecule has 4 nitrogen and oxygen atoms in total. The van der Waals surface area contributed by atoms with Crippen LogP contribution in [0.1, 0.15) is 38.2 Å². The van der Waals surface area contributed by atoms with Crippen LogP contribution in [0.4, 0.5) is 5.82 Å². The summed E-state index contributed by atoms with van der Waals surface area (Å²) < 4.78 is 0. The van der Waals surface area contributed by atoms with Gasteiger partial charge in [-0.15, -0.1) is 0 Å². The van der Waals surface area contributed by atoms with Crippen LogP contribution in [0, 0.1) is 6.92 Å². The molecule has 0 bridgehead atoms. The molecule has 2 heterocycles. The molecule has 0 radical (unpaired) electrons. The Balaban J connectivity index is 2.14. The van der Waals surface area contributed by atoms with Crippen LogP contribution in [0.5, 0.6) is 0 Å². The molecule has 0 amide bonds. The minimum atomic E-state index is 0.266. The Labute approximate surface area is 96.9 Å². The third-order valence-electron chi connectivity index (χ3n) is 3.33. The second kappa shape index (κ2) is 4.01. The number of likely N-dealkylation sites (tertiary alicyclic amines) is 1. The van der Waals surface area contributed by atoms with E-state index in [0.717, 1.165) is 24.6 Å². The average Bonchev–Trinajstić information content (AvgIpc) is 2.44. The third kappa shape index (κ3) is 2.32. The first-order chi connectivity index (χ1) is 7.47. The first-order valence-corrected chi connectivity index (χ1v) is 5.82. The van der Waals surface area contributed by atoms with Crippen molar-refractivity contribution in [1.29, 1.82) is 0 Å². The van der Waals surface area contributed by atoms with Crippen molar-refractivity contribution in [2.75, 3.05) is 12.3 Å². The third-order valence-corrected chi connectivity index (χ3v) is 3.33. The minimum Gasteiger partial charge on any atom is -0.384 e. The Morgan fingerprint density at radius 1 is 1.44 bits per heavy atom. The molecule has 2 N–H and O–H groups in total. The van der Waals surface area contributed by atoms with E-state index in [-0.39, 0.29) is 5.54 Å². The van der Waals surface area contributed by atoms with Crippen molar-refractivity contribution in [2.45, 2.75) is 45.7 Å². The lowest BCUT2D eigenvalue weighted by atomic mass is 10.0. The summed E-state index contributed by atoms with van der Waals surface area (Å²) in [7, 11) is 0. The lowest BCUT2D eigenvalue weighted by Crippen LogP contribution is -2.38. The van der Waals surface area contributed by atoms with Gasteiger partial charge < -0.3 is 5.73 Å². The van der Waals surface area contributed by atoms with Gasteiger partial charge in [0.25, 0.3) is 0 Å². The topological polar surface area (TPSA) is 55.0 Å². The maximum absolute atomic E-state index is 5.73. The summed E-state index contributed by atoms with van der Waals surface area (Å²) >= 11 is 0. The van der Waals surface area contributed by atoms with E-state index in [4.69, 9.17) is 5.73 Å². The largest absolute Gasteiger partial charge is 0.384 e. The van der Waals surface area contributed by atoms with Crippen LogP contribution in [-0.4, -0.2) is 27.0 Å². The van der Waals surface area contributed by atoms with Crippen molar-refractivity contribution < 1.29 is 0 Å². The fraction of sp³-hybridized carbons (Fsp3) is 0.667. The van der Waals surface area contributed by atoms with E-state index in [9.17, 15) is 0 Å². The highest BCUT2D eigenvalue weighted by Crippen LogP contribution is 2.29. The number of nitrogen functional groups attached to an aromatic ring is 1. The van der Waals surface area contributed by atoms with Gasteiger partial charge in [0.2, 0.25) is 0 Å². The van der Waals surface area contributed by atoms with Crippen LogP contribution in [0.3, 0.4) is 0 Å². The highest BCUT2D eigenvalue weighted by atomic mass is 15.2. The molecule has 1 aliphatic heterocycles. The van der Waals surface area contributed by atoms with Crippen molar-refractivity contribution in [3.05, 3.63) is 17.6 Å². The zero-order valence-electron chi connectivity index (χ0n) is 10.3. The molecule has 1 fully saturated rings. The van der Waals surface area contributed by atoms with Gasteiger partial charge in [-0.2, -0.15) is 0 Å². The zero-order valence-corrected chi connectivity index (χ0v) is 10.3. The van der Waals surface area contributed by atoms with Crippen LogP contribution >= 0.6 is 0 Å². The minimum absolute atomic E-state index is 0.266. The van der Waals surface area contributed by atoms with Crippen molar-refractivity contribution in [1.82, 2.24) is 14.9 Å². The van der Waals surface area contributed by atoms with Gasteiger partial charge in [-0.3, -0.25) is 4.90 Å². The molecule has 0 atom stereocenters. The molecule has 0 aromatic carbocycles. The highest BCUT2D eigenvalue weighted by molar-refractivity contribution is 5.29. The number of aryl methyl sites for hydroxylation is 1. The van der Waals surface area contributed by atoms with Crippen LogP contribution in [0.25, 0.3) is 0 Å². The molecule has 1 aromatic rings. The summed E-state index contributed by atoms with van der Waals surface area (Å²) in [4.78, 5) is 11.2. The molecule has 0 saturated carbocycles. The fourth-order valence-electron chi connectivity index (χ4n) is 2.35. The predicted octanol–water partition coefficient (Wildman–Crippen LogP) is 1.74. The first-order valence-electron chi connectivity index (χ1n) is 5.82. The van der Waals surface area contributed by atoms with Gasteiger partial charge in [0.15, 0.2) is 0 Å². The molecule has 1 aliphatic rings. The maximum atomic E-state index is 5.73. The van der Waals surface area contributed by atoms with E-state index < -0.39 is 0 Å². The Morgan fingerprint density at radius 2 is 2.19 bits per heavy atom. The van der Waals surface area contributed by atoms with Crippen LogP contribution < -0.4 is 5.73 Å². The number of nitrogens with zero attached hydrogens (tertiary/aromatic N) is 3. The smallest absolute Gasteiger partial charge is 0.144 e. The van der Waals surface area contributed by atoms with Gasteiger partial charge in [-0.1, -0.05) is 0 Å². The summed E-state index contributed by atoms with van der Waals surface area (Å²) in [5.74, 6) is 1.41. The molecular formula is C12H20N4. The number of rotatable bonds is 2. The SMILES string of the molecule is Cc1cc(N)nc(CN2CCCC2(C)C)n1. The second-order valence-electron chi connectivity index (χ2n) is 5.19. The quantitative estimate of drug-likeness (QED) is 0.825. The van der Waals surface area contributed by atoms with Crippen molar-refractivity contribution in [2.24, 2.45) is 0 Å². The van der Waals surface area contributed by atoms with Crippen molar-refractivity contribution >= 4 is 5.82 Å². The lowest BCUT2D eigenvalue weighted by molar-refractivity contribution is 0.162. The normalized spacial score (nSPS) is 20.2. The molecule has 2 rings (SSSR count). The molecule has 1 saturated heterocycles. The number of hydrogen-bond acceptors (Lipinski definition) is 4. The Bertz CT molecular complexity index is 366. The summed E-state index contributed by atoms with van der Waals surface area (Å²) in [6.45, 7) is 8.44. The number of aromatic nitrogens is 2. The molecule has 0 unspecified atom stereocenters. The Hall–Kier alpha value is -1.16. The zero-order chi connectivity index (χ0) is 11.8. The lowest BCUT2D eigenvalue weighted by Gasteiger charge is -2.30. The van der Waals surface area contributed by atoms with Crippen LogP contribution in [0.2, 0.25) is 0 Å². The second-order valence-corrected chi connectivity index (χ2v) is 5.19. The van der Waals surface area contributed by atoms with E-state index in [2.05, 4.69) is 28.7 Å². The van der Waals surface area contributed by atoms with Gasteiger partial charge in [-0.25, -0.2) is 9.97 Å². The summed E-state index contributed by atoms with van der Waals surface area (Å²) in [5, 5.41) is 0. The standard InChI is InChI=1S/C12H20N4/c1-9-7-10(13)15-11(14-9)8-16-6-4-5-12(16,2)3/h7H,4-6,8H2,1-3H3,(H2,13,14,15). The van der Waals surface area contributed by atoms with E-state index in [0.29, 0.717) is 5.82 Å². The summed E-state index contributed by atoms with van der Waals surface area (Å²) in [6, 6.07) is 1.80. The summed E-state index contributed by atoms with van der Waals surface area (Å²) in [5.41, 5.74) is 6.94. The molecular weight excluding hydrogens is 200 g/mol. The average molecular weight is 220 g/mol.